The van der Waals surface area contributed by atoms with Crippen LogP contribution < -0.4 is 16.6 Å². The van der Waals surface area contributed by atoms with E-state index >= 15 is 0 Å². The molecule has 8 heteroatoms. The lowest BCUT2D eigenvalue weighted by atomic mass is 10.4. The number of anilines is 1. The summed E-state index contributed by atoms with van der Waals surface area (Å²) < 4.78 is 2.53. The zero-order valence-electron chi connectivity index (χ0n) is 10.9. The van der Waals surface area contributed by atoms with E-state index in [2.05, 4.69) is 15.3 Å². The standard InChI is InChI=1S/C11H17N5O3/c1-3-5-16-8-7(9(18)15(2)11(16)19)13-10(14-8)12-4-6-17/h17H,3-6H2,1-2H3,(H2,12,13,14). The van der Waals surface area contributed by atoms with Gasteiger partial charge in [-0.25, -0.2) is 4.79 Å². The zero-order valence-corrected chi connectivity index (χ0v) is 10.9. The summed E-state index contributed by atoms with van der Waals surface area (Å²) in [5, 5.41) is 11.6. The van der Waals surface area contributed by atoms with Crippen LogP contribution in [-0.2, 0) is 13.6 Å². The summed E-state index contributed by atoms with van der Waals surface area (Å²) in [7, 11) is 1.44. The van der Waals surface area contributed by atoms with Gasteiger partial charge in [0.2, 0.25) is 5.95 Å². The number of aromatic amines is 1. The van der Waals surface area contributed by atoms with Gasteiger partial charge in [-0.1, -0.05) is 6.92 Å². The van der Waals surface area contributed by atoms with Crippen molar-refractivity contribution in [3.8, 4) is 0 Å². The Morgan fingerprint density at radius 1 is 1.42 bits per heavy atom. The second kappa shape index (κ2) is 5.27. The van der Waals surface area contributed by atoms with Crippen LogP contribution in [-0.4, -0.2) is 37.4 Å². The molecule has 0 bridgehead atoms. The van der Waals surface area contributed by atoms with Crippen LogP contribution in [0.4, 0.5) is 5.95 Å². The van der Waals surface area contributed by atoms with E-state index in [4.69, 9.17) is 5.11 Å². The van der Waals surface area contributed by atoms with Gasteiger partial charge in [0.1, 0.15) is 0 Å². The minimum atomic E-state index is -0.406. The average molecular weight is 267 g/mol. The number of aromatic nitrogens is 4. The largest absolute Gasteiger partial charge is 0.395 e. The van der Waals surface area contributed by atoms with Crippen LogP contribution >= 0.6 is 0 Å². The quantitative estimate of drug-likeness (QED) is 0.660. The molecule has 104 valence electrons. The molecule has 0 amide bonds. The first-order chi connectivity index (χ1) is 9.10. The molecule has 2 aromatic heterocycles. The fourth-order valence-corrected chi connectivity index (χ4v) is 1.92. The summed E-state index contributed by atoms with van der Waals surface area (Å²) in [4.78, 5) is 31.1. The normalized spacial score (nSPS) is 11.1. The second-order valence-corrected chi connectivity index (χ2v) is 4.23. The Labute approximate surface area is 108 Å². The van der Waals surface area contributed by atoms with E-state index in [1.807, 2.05) is 6.92 Å². The van der Waals surface area contributed by atoms with Crippen molar-refractivity contribution in [2.24, 2.45) is 7.05 Å². The molecular formula is C11H17N5O3. The van der Waals surface area contributed by atoms with Crippen molar-refractivity contribution in [2.75, 3.05) is 18.5 Å². The average Bonchev–Trinajstić information content (AvgIpc) is 2.83. The van der Waals surface area contributed by atoms with Crippen molar-refractivity contribution in [1.82, 2.24) is 19.1 Å². The van der Waals surface area contributed by atoms with Crippen molar-refractivity contribution < 1.29 is 5.11 Å². The highest BCUT2D eigenvalue weighted by atomic mass is 16.3. The number of hydrogen-bond donors (Lipinski definition) is 3. The van der Waals surface area contributed by atoms with Crippen LogP contribution in [0.5, 0.6) is 0 Å². The summed E-state index contributed by atoms with van der Waals surface area (Å²) in [6.07, 6.45) is 0.763. The highest BCUT2D eigenvalue weighted by Crippen LogP contribution is 2.09. The maximum Gasteiger partial charge on any atom is 0.332 e. The summed E-state index contributed by atoms with van der Waals surface area (Å²) in [6.45, 7) is 2.71. The fraction of sp³-hybridized carbons (Fsp3) is 0.545. The van der Waals surface area contributed by atoms with E-state index in [0.717, 1.165) is 11.0 Å². The number of fused-ring (bicyclic) bond motifs is 1. The second-order valence-electron chi connectivity index (χ2n) is 4.23. The molecule has 0 unspecified atom stereocenters. The molecule has 0 aliphatic carbocycles. The third-order valence-electron chi connectivity index (χ3n) is 2.83. The van der Waals surface area contributed by atoms with Crippen molar-refractivity contribution in [3.63, 3.8) is 0 Å². The SMILES string of the molecule is CCCn1c(=O)n(C)c(=O)c2[nH]c(NCCO)nc21. The first-order valence-corrected chi connectivity index (χ1v) is 6.14. The van der Waals surface area contributed by atoms with E-state index in [0.29, 0.717) is 24.7 Å². The van der Waals surface area contributed by atoms with E-state index in [1.54, 1.807) is 0 Å². The molecular weight excluding hydrogens is 250 g/mol. The van der Waals surface area contributed by atoms with Crippen LogP contribution in [0.1, 0.15) is 13.3 Å². The molecule has 0 fully saturated rings. The first kappa shape index (κ1) is 13.3. The van der Waals surface area contributed by atoms with Crippen molar-refractivity contribution in [2.45, 2.75) is 19.9 Å². The van der Waals surface area contributed by atoms with Gasteiger partial charge in [-0.15, -0.1) is 0 Å². The van der Waals surface area contributed by atoms with Crippen molar-refractivity contribution in [1.29, 1.82) is 0 Å². The highest BCUT2D eigenvalue weighted by molar-refractivity contribution is 5.72. The maximum absolute atomic E-state index is 12.0. The third-order valence-corrected chi connectivity index (χ3v) is 2.83. The summed E-state index contributed by atoms with van der Waals surface area (Å²) in [5.74, 6) is 0.372. The van der Waals surface area contributed by atoms with Gasteiger partial charge < -0.3 is 15.4 Å². The molecule has 2 rings (SSSR count). The highest BCUT2D eigenvalue weighted by Gasteiger charge is 2.14. The Balaban J connectivity index is 2.67. The Morgan fingerprint density at radius 2 is 2.16 bits per heavy atom. The number of nitrogens with one attached hydrogen (secondary N) is 2. The number of nitrogens with zero attached hydrogens (tertiary/aromatic N) is 3. The van der Waals surface area contributed by atoms with Gasteiger partial charge >= 0.3 is 5.69 Å². The minimum absolute atomic E-state index is 0.0448. The molecule has 8 nitrogen and oxygen atoms in total. The maximum atomic E-state index is 12.0. The fourth-order valence-electron chi connectivity index (χ4n) is 1.92. The van der Waals surface area contributed by atoms with E-state index in [-0.39, 0.29) is 17.8 Å². The summed E-state index contributed by atoms with van der Waals surface area (Å²) in [6, 6.07) is 0. The number of rotatable bonds is 5. The Hall–Kier alpha value is -2.09. The van der Waals surface area contributed by atoms with Gasteiger partial charge in [-0.3, -0.25) is 13.9 Å². The number of aliphatic hydroxyl groups excluding tert-OH is 1. The van der Waals surface area contributed by atoms with E-state index < -0.39 is 5.56 Å². The molecule has 0 saturated carbocycles. The molecule has 0 spiro atoms. The van der Waals surface area contributed by atoms with E-state index in [1.165, 1.54) is 11.6 Å². The molecule has 0 aliphatic heterocycles. The van der Waals surface area contributed by atoms with Gasteiger partial charge in [-0.05, 0) is 6.42 Å². The molecule has 0 radical (unpaired) electrons. The molecule has 0 saturated heterocycles. The number of imidazole rings is 1. The lowest BCUT2D eigenvalue weighted by Gasteiger charge is -2.06. The van der Waals surface area contributed by atoms with Gasteiger partial charge in [0.25, 0.3) is 5.56 Å². The van der Waals surface area contributed by atoms with E-state index in [9.17, 15) is 9.59 Å². The van der Waals surface area contributed by atoms with Crippen molar-refractivity contribution >= 4 is 17.1 Å². The van der Waals surface area contributed by atoms with Crippen LogP contribution in [0.3, 0.4) is 0 Å². The first-order valence-electron chi connectivity index (χ1n) is 6.14. The third kappa shape index (κ3) is 2.26. The Morgan fingerprint density at radius 3 is 2.79 bits per heavy atom. The smallest absolute Gasteiger partial charge is 0.332 e. The lowest BCUT2D eigenvalue weighted by molar-refractivity contribution is 0.311. The van der Waals surface area contributed by atoms with Crippen LogP contribution in [0.25, 0.3) is 11.2 Å². The Bertz CT molecular complexity index is 697. The van der Waals surface area contributed by atoms with Crippen LogP contribution in [0.2, 0.25) is 0 Å². The minimum Gasteiger partial charge on any atom is -0.395 e. The number of hydrogen-bond acceptors (Lipinski definition) is 5. The number of aryl methyl sites for hydroxylation is 1. The summed E-state index contributed by atoms with van der Waals surface area (Å²) in [5.41, 5.74) is -0.150. The molecule has 19 heavy (non-hydrogen) atoms. The monoisotopic (exact) mass is 267 g/mol. The number of aliphatic hydroxyl groups is 1. The lowest BCUT2D eigenvalue weighted by Crippen LogP contribution is -2.38. The number of H-pyrrole nitrogens is 1. The van der Waals surface area contributed by atoms with Gasteiger partial charge in [0.05, 0.1) is 6.61 Å². The molecule has 3 N–H and O–H groups in total. The summed E-state index contributed by atoms with van der Waals surface area (Å²) >= 11 is 0. The predicted molar refractivity (Wildman–Crippen MR) is 71.5 cm³/mol. The molecule has 2 heterocycles. The Kier molecular flexibility index (Phi) is 3.70. The zero-order chi connectivity index (χ0) is 14.0. The van der Waals surface area contributed by atoms with Crippen LogP contribution in [0, 0.1) is 0 Å². The molecule has 0 aromatic carbocycles. The molecule has 0 atom stereocenters. The topological polar surface area (TPSA) is 105 Å². The van der Waals surface area contributed by atoms with Gasteiger partial charge in [-0.2, -0.15) is 4.98 Å². The van der Waals surface area contributed by atoms with Gasteiger partial charge in [0.15, 0.2) is 11.2 Å². The van der Waals surface area contributed by atoms with Crippen LogP contribution in [0.15, 0.2) is 9.59 Å². The predicted octanol–water partition coefficient (Wildman–Crippen LogP) is -0.762. The van der Waals surface area contributed by atoms with Crippen molar-refractivity contribution in [3.05, 3.63) is 20.8 Å². The van der Waals surface area contributed by atoms with Gasteiger partial charge in [0, 0.05) is 20.1 Å². The molecule has 0 aliphatic rings. The molecule has 2 aromatic rings.